The van der Waals surface area contributed by atoms with Gasteiger partial charge in [0.1, 0.15) is 6.54 Å². The smallest absolute Gasteiger partial charge is 0.321 e. The highest BCUT2D eigenvalue weighted by Crippen LogP contribution is 2.48. The van der Waals surface area contributed by atoms with Gasteiger partial charge in [-0.1, -0.05) is 48.5 Å². The van der Waals surface area contributed by atoms with Crippen LogP contribution >= 0.6 is 0 Å². The van der Waals surface area contributed by atoms with E-state index in [1.807, 2.05) is 35.2 Å². The minimum Gasteiger partial charge on any atom is -0.385 e. The third-order valence-electron chi connectivity index (χ3n) is 8.31. The van der Waals surface area contributed by atoms with E-state index < -0.39 is 0 Å². The van der Waals surface area contributed by atoms with Gasteiger partial charge in [-0.05, 0) is 63.9 Å². The first-order valence-corrected chi connectivity index (χ1v) is 12.9. The van der Waals surface area contributed by atoms with Gasteiger partial charge in [-0.3, -0.25) is 9.69 Å². The van der Waals surface area contributed by atoms with E-state index in [4.69, 9.17) is 4.74 Å². The van der Waals surface area contributed by atoms with Crippen molar-refractivity contribution in [2.45, 2.75) is 43.2 Å². The number of para-hydroxylation sites is 1. The summed E-state index contributed by atoms with van der Waals surface area (Å²) in [6.07, 6.45) is 4.51. The van der Waals surface area contributed by atoms with Gasteiger partial charge in [0.15, 0.2) is 0 Å². The summed E-state index contributed by atoms with van der Waals surface area (Å²) in [6, 6.07) is 20.3. The lowest BCUT2D eigenvalue weighted by molar-refractivity contribution is -0.118. The molecule has 0 bridgehead atoms. The van der Waals surface area contributed by atoms with E-state index in [9.17, 15) is 9.59 Å². The van der Waals surface area contributed by atoms with E-state index in [1.165, 1.54) is 5.56 Å². The average Bonchev–Trinajstić information content (AvgIpc) is 3.15. The topological polar surface area (TPSA) is 56.3 Å². The van der Waals surface area contributed by atoms with Gasteiger partial charge in [-0.15, -0.1) is 0 Å². The number of carbonyl (C=O) groups is 2. The molecule has 1 saturated heterocycles. The van der Waals surface area contributed by atoms with Gasteiger partial charge in [-0.25, -0.2) is 4.79 Å². The molecule has 0 N–H and O–H groups in total. The zero-order valence-electron chi connectivity index (χ0n) is 22.2. The molecule has 1 heterocycles. The second kappa shape index (κ2) is 11.0. The quantitative estimate of drug-likeness (QED) is 0.493. The Morgan fingerprint density at radius 1 is 0.944 bits per heavy atom. The number of benzene rings is 2. The first-order valence-electron chi connectivity index (χ1n) is 12.9. The fourth-order valence-electron chi connectivity index (χ4n) is 6.07. The van der Waals surface area contributed by atoms with E-state index in [0.29, 0.717) is 19.7 Å². The highest BCUT2D eigenvalue weighted by Gasteiger charge is 2.54. The lowest BCUT2D eigenvalue weighted by atomic mass is 9.68. The molecule has 0 unspecified atom stereocenters. The van der Waals surface area contributed by atoms with Gasteiger partial charge in [-0.2, -0.15) is 0 Å². The highest BCUT2D eigenvalue weighted by molar-refractivity contribution is 5.96. The Morgan fingerprint density at radius 2 is 1.56 bits per heavy atom. The summed E-state index contributed by atoms with van der Waals surface area (Å²) in [5.41, 5.74) is 1.85. The van der Waals surface area contributed by atoms with E-state index in [-0.39, 0.29) is 29.6 Å². The molecule has 0 atom stereocenters. The number of nitrogens with zero attached hydrogens (tertiary/aromatic N) is 4. The molecule has 7 heteroatoms. The predicted octanol–water partition coefficient (Wildman–Crippen LogP) is 4.19. The largest absolute Gasteiger partial charge is 0.385 e. The number of hydrogen-bond acceptors (Lipinski definition) is 4. The van der Waals surface area contributed by atoms with Crippen molar-refractivity contribution in [3.8, 4) is 0 Å². The Bertz CT molecular complexity index is 1020. The Labute approximate surface area is 215 Å². The second-order valence-corrected chi connectivity index (χ2v) is 10.4. The number of urea groups is 1. The summed E-state index contributed by atoms with van der Waals surface area (Å²) in [5, 5.41) is 0. The van der Waals surface area contributed by atoms with Crippen LogP contribution in [-0.2, 0) is 15.1 Å². The van der Waals surface area contributed by atoms with Crippen molar-refractivity contribution >= 4 is 17.6 Å². The number of rotatable bonds is 9. The van der Waals surface area contributed by atoms with Gasteiger partial charge in [0.2, 0.25) is 5.91 Å². The molecule has 36 heavy (non-hydrogen) atoms. The number of carbonyl (C=O) groups excluding carboxylic acids is 2. The van der Waals surface area contributed by atoms with Gasteiger partial charge >= 0.3 is 6.03 Å². The summed E-state index contributed by atoms with van der Waals surface area (Å²) in [4.78, 5) is 34.6. The molecule has 3 amide bonds. The normalized spacial score (nSPS) is 24.1. The zero-order valence-corrected chi connectivity index (χ0v) is 22.2. The van der Waals surface area contributed by atoms with Crippen molar-refractivity contribution < 1.29 is 14.3 Å². The maximum absolute atomic E-state index is 13.7. The molecule has 2 aromatic carbocycles. The number of methoxy groups -OCH3 is 1. The van der Waals surface area contributed by atoms with Crippen LogP contribution in [0.3, 0.4) is 0 Å². The minimum absolute atomic E-state index is 0.0296. The Kier molecular flexibility index (Phi) is 8.00. The molecular weight excluding hydrogens is 452 g/mol. The van der Waals surface area contributed by atoms with E-state index >= 15 is 0 Å². The molecule has 1 spiro atoms. The van der Waals surface area contributed by atoms with Gasteiger partial charge < -0.3 is 19.4 Å². The number of ether oxygens (including phenoxy) is 1. The molecule has 0 aromatic heterocycles. The summed E-state index contributed by atoms with van der Waals surface area (Å²) in [5.74, 6) is -0.0776. The van der Waals surface area contributed by atoms with Gasteiger partial charge in [0, 0.05) is 45.1 Å². The zero-order chi connectivity index (χ0) is 25.8. The van der Waals surface area contributed by atoms with Crippen molar-refractivity contribution in [1.29, 1.82) is 0 Å². The minimum atomic E-state index is -0.259. The fraction of sp³-hybridized carbons (Fsp3) is 0.517. The average molecular weight is 493 g/mol. The van der Waals surface area contributed by atoms with E-state index in [2.05, 4.69) is 49.3 Å². The molecular formula is C29H40N4O3. The lowest BCUT2D eigenvalue weighted by Gasteiger charge is -2.51. The molecule has 1 aliphatic heterocycles. The second-order valence-electron chi connectivity index (χ2n) is 10.4. The number of anilines is 1. The first kappa shape index (κ1) is 26.2. The summed E-state index contributed by atoms with van der Waals surface area (Å²) in [6.45, 7) is 1.93. The number of amides is 3. The molecule has 4 rings (SSSR count). The Balaban J connectivity index is 1.54. The van der Waals surface area contributed by atoms with Crippen LogP contribution in [0, 0.1) is 0 Å². The molecule has 2 aliphatic rings. The molecule has 1 saturated carbocycles. The predicted molar refractivity (Wildman–Crippen MR) is 143 cm³/mol. The van der Waals surface area contributed by atoms with Crippen LogP contribution < -0.4 is 4.90 Å². The van der Waals surface area contributed by atoms with Gasteiger partial charge in [0.25, 0.3) is 0 Å². The third kappa shape index (κ3) is 5.00. The summed E-state index contributed by atoms with van der Waals surface area (Å²) in [7, 11) is 7.78. The molecule has 2 fully saturated rings. The Hall–Kier alpha value is -2.90. The van der Waals surface area contributed by atoms with Crippen LogP contribution in [0.4, 0.5) is 10.5 Å². The van der Waals surface area contributed by atoms with Crippen molar-refractivity contribution in [2.75, 3.05) is 59.4 Å². The summed E-state index contributed by atoms with van der Waals surface area (Å²) < 4.78 is 5.29. The number of hydrogen-bond donors (Lipinski definition) is 0. The standard InChI is InChI=1S/C29H40N4O3/c1-30(2)29(24-12-7-5-8-13-24)18-16-28(17-19-29)23-32(27(35)33(28)20-11-21-36-4)22-26(34)31(3)25-14-9-6-10-15-25/h5-10,12-15H,11,16-23H2,1-4H3/t28-,29-. The monoisotopic (exact) mass is 492 g/mol. The van der Waals surface area contributed by atoms with Crippen LogP contribution in [0.5, 0.6) is 0 Å². The maximum Gasteiger partial charge on any atom is 0.321 e. The van der Waals surface area contributed by atoms with Crippen molar-refractivity contribution in [3.05, 3.63) is 66.2 Å². The fourth-order valence-corrected chi connectivity index (χ4v) is 6.07. The molecule has 0 radical (unpaired) electrons. The molecule has 7 nitrogen and oxygen atoms in total. The maximum atomic E-state index is 13.7. The van der Waals surface area contributed by atoms with Gasteiger partial charge in [0.05, 0.1) is 5.54 Å². The van der Waals surface area contributed by atoms with Crippen LogP contribution in [0.2, 0.25) is 0 Å². The summed E-state index contributed by atoms with van der Waals surface area (Å²) >= 11 is 0. The van der Waals surface area contributed by atoms with Crippen molar-refractivity contribution in [2.24, 2.45) is 0 Å². The van der Waals surface area contributed by atoms with Crippen LogP contribution in [0.1, 0.15) is 37.7 Å². The van der Waals surface area contributed by atoms with Crippen LogP contribution in [-0.4, -0.2) is 86.7 Å². The van der Waals surface area contributed by atoms with E-state index in [0.717, 1.165) is 37.8 Å². The van der Waals surface area contributed by atoms with Crippen molar-refractivity contribution in [3.63, 3.8) is 0 Å². The van der Waals surface area contributed by atoms with Crippen LogP contribution in [0.15, 0.2) is 60.7 Å². The lowest BCUT2D eigenvalue weighted by Crippen LogP contribution is -2.55. The highest BCUT2D eigenvalue weighted by atomic mass is 16.5. The first-order chi connectivity index (χ1) is 17.3. The molecule has 1 aliphatic carbocycles. The van der Waals surface area contributed by atoms with E-state index in [1.54, 1.807) is 24.0 Å². The van der Waals surface area contributed by atoms with Crippen LogP contribution in [0.25, 0.3) is 0 Å². The van der Waals surface area contributed by atoms with Crippen molar-refractivity contribution in [1.82, 2.24) is 14.7 Å². The number of likely N-dealkylation sites (N-methyl/N-ethyl adjacent to an activating group) is 1. The molecule has 194 valence electrons. The third-order valence-corrected chi connectivity index (χ3v) is 8.31. The Morgan fingerprint density at radius 3 is 2.14 bits per heavy atom. The SMILES string of the molecule is COCCCN1C(=O)N(CC(=O)N(C)c2ccccc2)C[C@]12CC[C@@](c1ccccc1)(N(C)C)CC2. The molecule has 2 aromatic rings.